The first-order chi connectivity index (χ1) is 4.43. The molecule has 0 aliphatic rings. The van der Waals surface area contributed by atoms with Crippen molar-refractivity contribution in [1.82, 2.24) is 51.4 Å². The van der Waals surface area contributed by atoms with Gasteiger partial charge in [0.2, 0.25) is 0 Å². The van der Waals surface area contributed by atoms with Gasteiger partial charge in [-0.05, 0) is 0 Å². The van der Waals surface area contributed by atoms with E-state index < -0.39 is 0 Å². The summed E-state index contributed by atoms with van der Waals surface area (Å²) in [5, 5.41) is 20.5. The van der Waals surface area contributed by atoms with Crippen molar-refractivity contribution in [2.75, 3.05) is 0 Å². The van der Waals surface area contributed by atoms with Crippen molar-refractivity contribution in [3.8, 4) is 6.07 Å². The molecule has 1 aromatic rings. The summed E-state index contributed by atoms with van der Waals surface area (Å²) >= 11 is 3.03. The van der Waals surface area contributed by atoms with Gasteiger partial charge in [-0.1, -0.05) is 0 Å². The van der Waals surface area contributed by atoms with Gasteiger partial charge in [0.1, 0.15) is 11.9 Å². The van der Waals surface area contributed by atoms with Crippen LogP contribution in [0, 0.1) is 11.3 Å². The number of aromatic nitrogens is 4. The summed E-state index contributed by atoms with van der Waals surface area (Å²) in [6.07, 6.45) is 0. The third-order valence-corrected chi connectivity index (χ3v) is 0.419. The van der Waals surface area contributed by atoms with Gasteiger partial charge in [0.05, 0.1) is 0 Å². The number of rotatable bonds is 0. The van der Waals surface area contributed by atoms with Crippen LogP contribution < -0.4 is 35.9 Å². The van der Waals surface area contributed by atoms with Crippen molar-refractivity contribution in [2.24, 2.45) is 0 Å². The molecule has 0 aliphatic carbocycles. The molecule has 10 nitrogen and oxygen atoms in total. The number of hydrogen-bond acceptors (Lipinski definition) is 9. The van der Waals surface area contributed by atoms with Gasteiger partial charge in [0.15, 0.2) is 0 Å². The van der Waals surface area contributed by atoms with Crippen molar-refractivity contribution >= 4 is 10.1 Å². The predicted molar refractivity (Wildman–Crippen MR) is 48.8 cm³/mol. The van der Waals surface area contributed by atoms with Gasteiger partial charge in [-0.25, -0.2) is 0 Å². The van der Waals surface area contributed by atoms with Gasteiger partial charge >= 0.3 is 25.0 Å². The van der Waals surface area contributed by atoms with Gasteiger partial charge in [-0.2, -0.15) is 10.5 Å². The van der Waals surface area contributed by atoms with E-state index in [1.807, 2.05) is 0 Å². The molecule has 0 aromatic carbocycles. The van der Waals surface area contributed by atoms with E-state index in [9.17, 15) is 0 Å². The van der Waals surface area contributed by atoms with Crippen LogP contribution in [0.25, 0.3) is 0 Å². The zero-order valence-corrected chi connectivity index (χ0v) is 9.28. The molecular formula is C2H15ClCoN10. The Balaban J connectivity index is -0.0000000217. The fourth-order valence-electron chi connectivity index (χ4n) is 0.189. The number of halogens is 1. The molecule has 0 aliphatic heterocycles. The average molecular weight is 274 g/mol. The summed E-state index contributed by atoms with van der Waals surface area (Å²) in [6.45, 7) is 0. The third-order valence-electron chi connectivity index (χ3n) is 0.419. The second-order valence-electron chi connectivity index (χ2n) is 0.814. The molecule has 0 saturated carbocycles. The van der Waals surface area contributed by atoms with E-state index in [4.69, 9.17) is 5.26 Å². The molecule has 0 fully saturated rings. The molecule has 0 bridgehead atoms. The molecule has 1 heterocycles. The normalized spacial score (nSPS) is 4.36. The van der Waals surface area contributed by atoms with Crippen molar-refractivity contribution in [3.63, 3.8) is 0 Å². The molecule has 1 aromatic heterocycles. The summed E-state index contributed by atoms with van der Waals surface area (Å²) in [5.74, 6) is 0.0139. The van der Waals surface area contributed by atoms with Gasteiger partial charge in [0, 0.05) is 0 Å². The molecule has 0 atom stereocenters. The van der Waals surface area contributed by atoms with Crippen LogP contribution in [0.15, 0.2) is 0 Å². The van der Waals surface area contributed by atoms with Crippen molar-refractivity contribution < 1.29 is 14.8 Å². The SMILES string of the molecule is N.N.N.N.N.N#Cc1nnn[n-]1.[Cl][Co+]. The maximum atomic E-state index is 7.97. The van der Waals surface area contributed by atoms with Crippen LogP contribution in [0.2, 0.25) is 0 Å². The molecule has 12 heteroatoms. The van der Waals surface area contributed by atoms with E-state index in [0.29, 0.717) is 0 Å². The number of nitriles is 1. The second kappa shape index (κ2) is 29.5. The Kier molecular flexibility index (Phi) is 80.1. The van der Waals surface area contributed by atoms with Crippen LogP contribution in [-0.2, 0) is 14.8 Å². The van der Waals surface area contributed by atoms with Crippen molar-refractivity contribution in [1.29, 1.82) is 5.26 Å². The van der Waals surface area contributed by atoms with Crippen LogP contribution in [0.3, 0.4) is 0 Å². The summed E-state index contributed by atoms with van der Waals surface area (Å²) < 4.78 is 0. The predicted octanol–water partition coefficient (Wildman–Crippen LogP) is 0.197. The summed E-state index contributed by atoms with van der Waals surface area (Å²) in [6, 6.07) is 1.66. The third kappa shape index (κ3) is 17.3. The zero-order valence-electron chi connectivity index (χ0n) is 7.48. The standard InChI is InChI=1S/C2N5.ClH.Co.5H3N/c3-1-2-4-6-7-5-2;;;;;;;/h;1H;;5*1H3/q-1;;+2;;;;;/p-1. The Morgan fingerprint density at radius 3 is 1.71 bits per heavy atom. The Hall–Kier alpha value is -0.844. The Bertz CT molecular complexity index is 181. The van der Waals surface area contributed by atoms with Gasteiger partial charge in [0.25, 0.3) is 0 Å². The molecule has 15 N–H and O–H groups in total. The second-order valence-corrected chi connectivity index (χ2v) is 0.814. The number of nitrogens with zero attached hydrogens (tertiary/aromatic N) is 5. The van der Waals surface area contributed by atoms with E-state index >= 15 is 0 Å². The topological polar surface area (TPSA) is 252 Å². The molecule has 0 spiro atoms. The van der Waals surface area contributed by atoms with E-state index in [1.54, 1.807) is 6.07 Å². The van der Waals surface area contributed by atoms with Crippen LogP contribution in [0.4, 0.5) is 0 Å². The molecule has 0 radical (unpaired) electrons. The van der Waals surface area contributed by atoms with E-state index in [0.717, 1.165) is 0 Å². The molecule has 0 unspecified atom stereocenters. The van der Waals surface area contributed by atoms with Gasteiger partial charge < -0.3 is 35.9 Å². The molecule has 1 rings (SSSR count). The number of tetrazole rings is 1. The Morgan fingerprint density at radius 2 is 1.57 bits per heavy atom. The van der Waals surface area contributed by atoms with Crippen molar-refractivity contribution in [3.05, 3.63) is 5.82 Å². The molecule has 89 valence electrons. The quantitative estimate of drug-likeness (QED) is 0.428. The van der Waals surface area contributed by atoms with E-state index in [1.165, 1.54) is 0 Å². The first kappa shape index (κ1) is 38.0. The molecule has 0 saturated heterocycles. The first-order valence-corrected chi connectivity index (χ1v) is 3.08. The maximum absolute atomic E-state index is 7.97. The summed E-state index contributed by atoms with van der Waals surface area (Å²) in [4.78, 5) is 0. The van der Waals surface area contributed by atoms with Crippen LogP contribution in [0.5, 0.6) is 0 Å². The molecule has 14 heavy (non-hydrogen) atoms. The van der Waals surface area contributed by atoms with Gasteiger partial charge in [-0.3, -0.25) is 10.3 Å². The van der Waals surface area contributed by atoms with Gasteiger partial charge in [-0.15, -0.1) is 0 Å². The Labute approximate surface area is 93.9 Å². The van der Waals surface area contributed by atoms with Crippen molar-refractivity contribution in [2.45, 2.75) is 0 Å². The minimum absolute atomic E-state index is 0. The van der Waals surface area contributed by atoms with Crippen LogP contribution in [-0.4, -0.2) is 15.5 Å². The first-order valence-electron chi connectivity index (χ1n) is 1.65. The minimum atomic E-state index is 0. The summed E-state index contributed by atoms with van der Waals surface area (Å²) in [7, 11) is 4.33. The fraction of sp³-hybridized carbons (Fsp3) is 0. The molecule has 0 amide bonds. The fourth-order valence-corrected chi connectivity index (χ4v) is 0.189. The van der Waals surface area contributed by atoms with Crippen LogP contribution >= 0.6 is 10.1 Å². The monoisotopic (exact) mass is 273 g/mol. The van der Waals surface area contributed by atoms with Crippen LogP contribution in [0.1, 0.15) is 5.82 Å². The molecular weight excluding hydrogens is 258 g/mol. The zero-order chi connectivity index (χ0) is 7.11. The number of hydrogen-bond donors (Lipinski definition) is 5. The van der Waals surface area contributed by atoms with E-state index in [-0.39, 0.29) is 36.6 Å². The average Bonchev–Trinajstić information content (AvgIpc) is 2.43. The summed E-state index contributed by atoms with van der Waals surface area (Å²) in [5.41, 5.74) is 0. The Morgan fingerprint density at radius 1 is 1.14 bits per heavy atom. The van der Waals surface area contributed by atoms with E-state index in [2.05, 4.69) is 45.6 Å².